The van der Waals surface area contributed by atoms with Gasteiger partial charge in [0, 0.05) is 6.51 Å². The van der Waals surface area contributed by atoms with E-state index in [1.165, 1.54) is 0 Å². The molecule has 2 atom stereocenters. The van der Waals surface area contributed by atoms with Crippen LogP contribution in [0.4, 0.5) is 0 Å². The van der Waals surface area contributed by atoms with E-state index >= 15 is 0 Å². The van der Waals surface area contributed by atoms with Crippen molar-refractivity contribution in [3.05, 3.63) is 0 Å². The Morgan fingerprint density at radius 1 is 1.13 bits per heavy atom. The molecular formula is CH4B4O7P3+. The van der Waals surface area contributed by atoms with Gasteiger partial charge in [0.1, 0.15) is 7.85 Å². The molecule has 15 heavy (non-hydrogen) atoms. The van der Waals surface area contributed by atoms with Crippen LogP contribution in [0.1, 0.15) is 0 Å². The van der Waals surface area contributed by atoms with Crippen LogP contribution >= 0.6 is 22.8 Å². The van der Waals surface area contributed by atoms with Gasteiger partial charge in [0.25, 0.3) is 0 Å². The minimum atomic E-state index is -4.98. The van der Waals surface area contributed by atoms with E-state index in [1.54, 1.807) is 0 Å². The highest BCUT2D eigenvalue weighted by Gasteiger charge is 2.41. The van der Waals surface area contributed by atoms with Gasteiger partial charge in [-0.2, -0.15) is 8.62 Å². The van der Waals surface area contributed by atoms with Crippen LogP contribution in [-0.2, 0) is 22.3 Å². The van der Waals surface area contributed by atoms with E-state index in [4.69, 9.17) is 40.3 Å². The van der Waals surface area contributed by atoms with Crippen LogP contribution in [-0.4, -0.2) is 46.8 Å². The molecule has 0 amide bonds. The molecule has 0 saturated carbocycles. The van der Waals surface area contributed by atoms with Crippen molar-refractivity contribution >= 4 is 53.3 Å². The Labute approximate surface area is 92.4 Å². The molecule has 0 aromatic carbocycles. The van der Waals surface area contributed by atoms with E-state index in [0.717, 1.165) is 0 Å². The highest BCUT2D eigenvalue weighted by Crippen LogP contribution is 2.68. The summed E-state index contributed by atoms with van der Waals surface area (Å²) in [5.74, 6) is 0. The summed E-state index contributed by atoms with van der Waals surface area (Å²) in [5.41, 5.74) is 0. The summed E-state index contributed by atoms with van der Waals surface area (Å²) in [4.78, 5) is 17.6. The van der Waals surface area contributed by atoms with Gasteiger partial charge in [0.15, 0.2) is 0 Å². The molecule has 0 fully saturated rings. The first kappa shape index (κ1) is 15.9. The smallest absolute Gasteiger partial charge is 0.302 e. The van der Waals surface area contributed by atoms with Gasteiger partial charge in [-0.05, 0) is 7.12 Å². The second kappa shape index (κ2) is 5.52. The van der Waals surface area contributed by atoms with E-state index in [2.05, 4.69) is 13.1 Å². The molecule has 8 radical (unpaired) electrons. The third-order valence-electron chi connectivity index (χ3n) is 0.689. The molecule has 2 unspecified atom stereocenters. The fourth-order valence-electron chi connectivity index (χ4n) is 0.442. The largest absolute Gasteiger partial charge is 0.509 e. The third kappa shape index (κ3) is 8.73. The summed E-state index contributed by atoms with van der Waals surface area (Å²) in [5, 5.41) is 0. The number of phosphoric ester groups is 1. The van der Waals surface area contributed by atoms with E-state index < -0.39 is 29.3 Å². The van der Waals surface area contributed by atoms with Crippen LogP contribution in [0.3, 0.4) is 0 Å². The van der Waals surface area contributed by atoms with E-state index in [-0.39, 0.29) is 0 Å². The Morgan fingerprint density at radius 3 is 1.93 bits per heavy atom. The van der Waals surface area contributed by atoms with Gasteiger partial charge in [-0.25, -0.2) is 9.13 Å². The van der Waals surface area contributed by atoms with Crippen LogP contribution in [0.25, 0.3) is 0 Å². The van der Waals surface area contributed by atoms with E-state index in [9.17, 15) is 9.13 Å². The maximum absolute atomic E-state index is 11.0. The van der Waals surface area contributed by atoms with Gasteiger partial charge in [0.2, 0.25) is 0 Å². The van der Waals surface area contributed by atoms with Crippen LogP contribution in [0.2, 0.25) is 0 Å². The summed E-state index contributed by atoms with van der Waals surface area (Å²) < 4.78 is 33.4. The Kier molecular flexibility index (Phi) is 5.87. The molecule has 0 aliphatic heterocycles. The van der Waals surface area contributed by atoms with Crippen molar-refractivity contribution in [1.82, 2.24) is 0 Å². The van der Waals surface area contributed by atoms with E-state index in [1.807, 2.05) is 0 Å². The lowest BCUT2D eigenvalue weighted by Crippen LogP contribution is -2.00. The lowest BCUT2D eigenvalue weighted by Gasteiger charge is -2.18. The number of hydrogen-bond acceptors (Lipinski definition) is 5. The topological polar surface area (TPSA) is 102 Å². The van der Waals surface area contributed by atoms with Crippen molar-refractivity contribution in [3.63, 3.8) is 0 Å². The minimum absolute atomic E-state index is 0.706. The average Bonchev–Trinajstić information content (AvgIpc) is 1.74. The van der Waals surface area contributed by atoms with Gasteiger partial charge in [-0.3, -0.25) is 4.52 Å². The molecule has 14 heteroatoms. The minimum Gasteiger partial charge on any atom is -0.302 e. The highest BCUT2D eigenvalue weighted by atomic mass is 31.3. The zero-order valence-electron chi connectivity index (χ0n) is 7.29. The molecule has 0 aromatic rings. The Balaban J connectivity index is 4.51. The molecule has 0 aliphatic rings. The molecule has 0 aromatic heterocycles. The summed E-state index contributed by atoms with van der Waals surface area (Å²) in [6.07, 6.45) is 0. The Morgan fingerprint density at radius 2 is 1.60 bits per heavy atom. The molecule has 0 rings (SSSR count). The fraction of sp³-hybridized carbons (Fsp3) is 1.00. The molecule has 0 saturated heterocycles. The SMILES string of the molecule is [B]COP(=O)(O)OP(=O)(O)O[P+]([B])([B])[B]. The maximum atomic E-state index is 11.0. The zero-order chi connectivity index (χ0) is 12.3. The van der Waals surface area contributed by atoms with Gasteiger partial charge >= 0.3 is 38.3 Å². The van der Waals surface area contributed by atoms with Gasteiger partial charge in [-0.1, -0.05) is 0 Å². The summed E-state index contributed by atoms with van der Waals surface area (Å²) in [7, 11) is 6.08. The van der Waals surface area contributed by atoms with Crippen molar-refractivity contribution in [2.24, 2.45) is 0 Å². The normalized spacial score (nSPS) is 20.4. The lowest BCUT2D eigenvalue weighted by atomic mass is 10.2. The predicted octanol–water partition coefficient (Wildman–Crippen LogP) is -0.454. The quantitative estimate of drug-likeness (QED) is 0.494. The van der Waals surface area contributed by atoms with Gasteiger partial charge in [-0.15, -0.1) is 0 Å². The summed E-state index contributed by atoms with van der Waals surface area (Å²) in [6, 6.07) is 0. The van der Waals surface area contributed by atoms with Crippen LogP contribution in [0.15, 0.2) is 0 Å². The Hall–Kier alpha value is 0.950. The van der Waals surface area contributed by atoms with Crippen molar-refractivity contribution in [3.8, 4) is 0 Å². The third-order valence-corrected chi connectivity index (χ3v) is 4.77. The van der Waals surface area contributed by atoms with Gasteiger partial charge in [0.05, 0.1) is 0 Å². The average molecular weight is 264 g/mol. The van der Waals surface area contributed by atoms with Crippen molar-refractivity contribution in [2.75, 3.05) is 6.51 Å². The monoisotopic (exact) mass is 265 g/mol. The maximum Gasteiger partial charge on any atom is 0.509 e. The summed E-state index contributed by atoms with van der Waals surface area (Å²) >= 11 is 0. The van der Waals surface area contributed by atoms with Crippen molar-refractivity contribution in [2.45, 2.75) is 0 Å². The molecule has 0 aliphatic carbocycles. The highest BCUT2D eigenvalue weighted by molar-refractivity contribution is 8.27. The molecule has 2 N–H and O–H groups in total. The molecule has 0 spiro atoms. The predicted molar refractivity (Wildman–Crippen MR) is 57.7 cm³/mol. The number of phosphoric acid groups is 2. The Bertz CT molecular complexity index is 299. The second-order valence-electron chi connectivity index (χ2n) is 2.16. The van der Waals surface area contributed by atoms with E-state index in [0.29, 0.717) is 0 Å². The second-order valence-corrected chi connectivity index (χ2v) is 7.13. The first-order chi connectivity index (χ1) is 6.47. The fourth-order valence-corrected chi connectivity index (χ4v) is 3.68. The zero-order valence-corrected chi connectivity index (χ0v) is 9.98. The molecule has 7 nitrogen and oxygen atoms in total. The first-order valence-corrected chi connectivity index (χ1v) is 8.05. The number of rotatable bonds is 6. The molecule has 0 heterocycles. The standard InChI is InChI=1S/CH4B4O7P3/c2-1-10-14(6,7)12-15(8,9)11-13(3,4)5/h1H2,(H,6,7)(H,8,9)/q+1. The molecular weight excluding hydrogens is 260 g/mol. The van der Waals surface area contributed by atoms with Crippen molar-refractivity contribution < 1.29 is 32.1 Å². The van der Waals surface area contributed by atoms with Crippen LogP contribution in [0, 0.1) is 0 Å². The molecule has 76 valence electrons. The van der Waals surface area contributed by atoms with Crippen LogP contribution < -0.4 is 0 Å². The van der Waals surface area contributed by atoms with Crippen molar-refractivity contribution in [1.29, 1.82) is 0 Å². The lowest BCUT2D eigenvalue weighted by molar-refractivity contribution is 0.203. The first-order valence-electron chi connectivity index (χ1n) is 3.15. The van der Waals surface area contributed by atoms with Crippen LogP contribution in [0.5, 0.6) is 0 Å². The summed E-state index contributed by atoms with van der Waals surface area (Å²) in [6.45, 7) is -0.706. The van der Waals surface area contributed by atoms with Gasteiger partial charge < -0.3 is 9.79 Å². The number of hydrogen-bond donors (Lipinski definition) is 2. The molecule has 0 bridgehead atoms.